The van der Waals surface area contributed by atoms with Crippen molar-refractivity contribution in [1.82, 2.24) is 25.2 Å². The number of nitrogens with zero attached hydrogens (tertiary/aromatic N) is 4. The molecule has 1 aliphatic carbocycles. The first-order valence-electron chi connectivity index (χ1n) is 13.2. The molecule has 1 saturated carbocycles. The van der Waals surface area contributed by atoms with Gasteiger partial charge in [-0.3, -0.25) is 24.4 Å². The molecule has 1 aliphatic heterocycles. The summed E-state index contributed by atoms with van der Waals surface area (Å²) in [5.74, 6) is -1.02. The van der Waals surface area contributed by atoms with Crippen molar-refractivity contribution in [2.75, 3.05) is 44.2 Å². The molecular formula is C27H31FN6O5S. The maximum Gasteiger partial charge on any atom is 0.254 e. The summed E-state index contributed by atoms with van der Waals surface area (Å²) < 4.78 is 53.6. The van der Waals surface area contributed by atoms with E-state index < -0.39 is 27.8 Å². The highest BCUT2D eigenvalue weighted by Crippen LogP contribution is 2.30. The van der Waals surface area contributed by atoms with Crippen molar-refractivity contribution in [3.8, 4) is 17.1 Å². The van der Waals surface area contributed by atoms with Crippen LogP contribution >= 0.6 is 0 Å². The Hall–Kier alpha value is -3.68. The molecule has 1 atom stereocenters. The highest BCUT2D eigenvalue weighted by Gasteiger charge is 2.36. The second-order valence-corrected chi connectivity index (χ2v) is 11.6. The minimum atomic E-state index is -3.47. The van der Waals surface area contributed by atoms with Gasteiger partial charge in [0.1, 0.15) is 5.82 Å². The number of hydrogen-bond acceptors (Lipinski definition) is 9. The molecule has 0 spiro atoms. The molecule has 3 heterocycles. The minimum absolute atomic E-state index is 0.143. The molecule has 1 amide bonds. The summed E-state index contributed by atoms with van der Waals surface area (Å²) in [6, 6.07) is 6.77. The number of amides is 1. The average molecular weight is 571 g/mol. The van der Waals surface area contributed by atoms with Gasteiger partial charge >= 0.3 is 0 Å². The molecule has 2 fully saturated rings. The molecule has 212 valence electrons. The summed E-state index contributed by atoms with van der Waals surface area (Å²) in [5.41, 5.74) is 1.54. The predicted octanol–water partition coefficient (Wildman–Crippen LogP) is 2.78. The lowest BCUT2D eigenvalue weighted by molar-refractivity contribution is 0.0330. The first kappa shape index (κ1) is 27.9. The fourth-order valence-corrected chi connectivity index (χ4v) is 5.76. The zero-order valence-electron chi connectivity index (χ0n) is 22.0. The zero-order valence-corrected chi connectivity index (χ0v) is 22.9. The summed E-state index contributed by atoms with van der Waals surface area (Å²) in [7, 11) is -3.47. The van der Waals surface area contributed by atoms with Crippen LogP contribution in [-0.4, -0.2) is 78.9 Å². The Balaban J connectivity index is 1.37. The summed E-state index contributed by atoms with van der Waals surface area (Å²) in [6.45, 7) is 5.06. The molecule has 3 aromatic rings. The van der Waals surface area contributed by atoms with E-state index in [1.165, 1.54) is 30.7 Å². The maximum absolute atomic E-state index is 15.2. The number of carbonyl (C=O) groups is 1. The van der Waals surface area contributed by atoms with Gasteiger partial charge < -0.3 is 14.8 Å². The van der Waals surface area contributed by atoms with Crippen molar-refractivity contribution in [2.45, 2.75) is 31.1 Å². The van der Waals surface area contributed by atoms with Crippen LogP contribution in [0.25, 0.3) is 11.3 Å². The quantitative estimate of drug-likeness (QED) is 0.357. The standard InChI is InChI=1S/C27H31FN6O5S/c1-2-39-26-16-29-15-24(31-26)18-3-6-21(22(28)13-18)27(35)32-25(17-34-9-11-38-12-10-34)23-14-19(7-8-30-23)33-40(36,37)20-4-5-20/h3,6-8,13-16,20,25H,2,4-5,9-12,17H2,1H3,(H,30,33)(H,32,35)/t25-/m1/s1. The van der Waals surface area contributed by atoms with Crippen molar-refractivity contribution in [3.63, 3.8) is 0 Å². The lowest BCUT2D eigenvalue weighted by Gasteiger charge is -2.30. The average Bonchev–Trinajstić information content (AvgIpc) is 3.80. The van der Waals surface area contributed by atoms with Crippen LogP contribution in [0.5, 0.6) is 5.88 Å². The van der Waals surface area contributed by atoms with Gasteiger partial charge in [-0.05, 0) is 44.0 Å². The normalized spacial score (nSPS) is 16.8. The largest absolute Gasteiger partial charge is 0.477 e. The number of anilines is 1. The number of carbonyl (C=O) groups excluding carboxylic acids is 1. The third-order valence-electron chi connectivity index (χ3n) is 6.63. The summed E-state index contributed by atoms with van der Waals surface area (Å²) in [4.78, 5) is 28.2. The number of hydrogen-bond donors (Lipinski definition) is 2. The molecular weight excluding hydrogens is 539 g/mol. The van der Waals surface area contributed by atoms with Crippen LogP contribution in [0.1, 0.15) is 41.9 Å². The molecule has 2 aromatic heterocycles. The Morgan fingerprint density at radius 1 is 1.20 bits per heavy atom. The van der Waals surface area contributed by atoms with Crippen LogP contribution in [0.4, 0.5) is 10.1 Å². The maximum atomic E-state index is 15.2. The second kappa shape index (κ2) is 12.2. The number of rotatable bonds is 11. The Labute approximate surface area is 232 Å². The Morgan fingerprint density at radius 2 is 2.00 bits per heavy atom. The smallest absolute Gasteiger partial charge is 0.254 e. The van der Waals surface area contributed by atoms with Crippen LogP contribution in [0.2, 0.25) is 0 Å². The van der Waals surface area contributed by atoms with Gasteiger partial charge in [-0.2, -0.15) is 0 Å². The SMILES string of the molecule is CCOc1cncc(-c2ccc(C(=O)N[C@H](CN3CCOCC3)c3cc(NS(=O)(=O)C4CC4)ccn3)c(F)c2)n1. The Kier molecular flexibility index (Phi) is 8.52. The molecule has 2 N–H and O–H groups in total. The van der Waals surface area contributed by atoms with Crippen LogP contribution in [-0.2, 0) is 14.8 Å². The lowest BCUT2D eigenvalue weighted by atomic mass is 10.1. The van der Waals surface area contributed by atoms with Crippen molar-refractivity contribution >= 4 is 21.6 Å². The molecule has 1 aromatic carbocycles. The number of benzene rings is 1. The topological polar surface area (TPSA) is 136 Å². The van der Waals surface area contributed by atoms with Gasteiger partial charge in [-0.15, -0.1) is 0 Å². The fourth-order valence-electron chi connectivity index (χ4n) is 4.38. The van der Waals surface area contributed by atoms with Gasteiger partial charge in [0.25, 0.3) is 5.91 Å². The highest BCUT2D eigenvalue weighted by molar-refractivity contribution is 7.93. The lowest BCUT2D eigenvalue weighted by Crippen LogP contribution is -2.43. The molecule has 5 rings (SSSR count). The van der Waals surface area contributed by atoms with E-state index in [9.17, 15) is 13.2 Å². The molecule has 13 heteroatoms. The van der Waals surface area contributed by atoms with E-state index in [0.717, 1.165) is 0 Å². The number of nitrogens with one attached hydrogen (secondary N) is 2. The second-order valence-electron chi connectivity index (χ2n) is 9.63. The van der Waals surface area contributed by atoms with Crippen molar-refractivity contribution in [2.24, 2.45) is 0 Å². The third-order valence-corrected chi connectivity index (χ3v) is 8.49. The molecule has 0 radical (unpaired) electrons. The summed E-state index contributed by atoms with van der Waals surface area (Å²) in [5, 5.41) is 2.52. The predicted molar refractivity (Wildman–Crippen MR) is 146 cm³/mol. The van der Waals surface area contributed by atoms with E-state index in [0.29, 0.717) is 80.8 Å². The van der Waals surface area contributed by atoms with Crippen LogP contribution < -0.4 is 14.8 Å². The molecule has 40 heavy (non-hydrogen) atoms. The van der Waals surface area contributed by atoms with Crippen LogP contribution in [0, 0.1) is 5.82 Å². The molecule has 2 aliphatic rings. The van der Waals surface area contributed by atoms with E-state index >= 15 is 4.39 Å². The van der Waals surface area contributed by atoms with E-state index in [1.807, 2.05) is 6.92 Å². The van der Waals surface area contributed by atoms with E-state index in [1.54, 1.807) is 18.2 Å². The number of morpholine rings is 1. The van der Waals surface area contributed by atoms with Gasteiger partial charge in [0.05, 0.1) is 66.1 Å². The minimum Gasteiger partial charge on any atom is -0.477 e. The summed E-state index contributed by atoms with van der Waals surface area (Å²) in [6.07, 6.45) is 5.73. The summed E-state index contributed by atoms with van der Waals surface area (Å²) >= 11 is 0. The molecule has 1 saturated heterocycles. The number of halogens is 1. The number of aromatic nitrogens is 3. The van der Waals surface area contributed by atoms with Crippen molar-refractivity contribution < 1.29 is 27.1 Å². The van der Waals surface area contributed by atoms with E-state index in [2.05, 4.69) is 29.9 Å². The third kappa shape index (κ3) is 6.90. The first-order valence-corrected chi connectivity index (χ1v) is 14.7. The van der Waals surface area contributed by atoms with E-state index in [-0.39, 0.29) is 10.8 Å². The molecule has 0 unspecified atom stereocenters. The first-order chi connectivity index (χ1) is 19.3. The molecule has 11 nitrogen and oxygen atoms in total. The molecule has 0 bridgehead atoms. The van der Waals surface area contributed by atoms with Crippen molar-refractivity contribution in [1.29, 1.82) is 0 Å². The zero-order chi connectivity index (χ0) is 28.1. The number of ether oxygens (including phenoxy) is 2. The van der Waals surface area contributed by atoms with Gasteiger partial charge in [-0.25, -0.2) is 17.8 Å². The Bertz CT molecular complexity index is 1460. The Morgan fingerprint density at radius 3 is 2.73 bits per heavy atom. The van der Waals surface area contributed by atoms with Crippen molar-refractivity contribution in [3.05, 3.63) is 66.0 Å². The van der Waals surface area contributed by atoms with E-state index in [4.69, 9.17) is 9.47 Å². The van der Waals surface area contributed by atoms with Crippen LogP contribution in [0.3, 0.4) is 0 Å². The number of pyridine rings is 1. The monoisotopic (exact) mass is 570 g/mol. The van der Waals surface area contributed by atoms with Gasteiger partial charge in [0, 0.05) is 31.4 Å². The highest BCUT2D eigenvalue weighted by atomic mass is 32.2. The van der Waals surface area contributed by atoms with Gasteiger partial charge in [0.15, 0.2) is 0 Å². The van der Waals surface area contributed by atoms with Gasteiger partial charge in [-0.1, -0.05) is 6.07 Å². The van der Waals surface area contributed by atoms with Gasteiger partial charge in [0.2, 0.25) is 15.9 Å². The fraction of sp³-hybridized carbons (Fsp3) is 0.407. The van der Waals surface area contributed by atoms with Crippen LogP contribution in [0.15, 0.2) is 48.9 Å². The number of sulfonamides is 1.